The van der Waals surface area contributed by atoms with Crippen molar-refractivity contribution < 1.29 is 0 Å². The first-order chi connectivity index (χ1) is 13.0. The Morgan fingerprint density at radius 3 is 2.44 bits per heavy atom. The maximum Gasteiger partial charge on any atom is 0.169 e. The number of aromatic nitrogens is 2. The van der Waals surface area contributed by atoms with Gasteiger partial charge in [-0.1, -0.05) is 29.3 Å². The fraction of sp³-hybridized carbons (Fsp3) is 0.474. The monoisotopic (exact) mass is 425 g/mol. The van der Waals surface area contributed by atoms with Crippen molar-refractivity contribution in [3.8, 4) is 0 Å². The summed E-state index contributed by atoms with van der Waals surface area (Å²) >= 11 is 18.2. The Bertz CT molecular complexity index is 779. The minimum atomic E-state index is 0.708. The lowest BCUT2D eigenvalue weighted by Gasteiger charge is -2.36. The number of hydrogen-bond donors (Lipinski definition) is 1. The molecule has 146 valence electrons. The van der Waals surface area contributed by atoms with Gasteiger partial charge in [-0.3, -0.25) is 9.58 Å². The van der Waals surface area contributed by atoms with E-state index < -0.39 is 0 Å². The number of aryl methyl sites for hydroxylation is 2. The third-order valence-electron chi connectivity index (χ3n) is 4.90. The SMILES string of the molecule is CCn1cc(CNC(=S)N2CCN(Cc3c(Cl)cccc3Cl)CC2)c(C)n1. The van der Waals surface area contributed by atoms with Crippen molar-refractivity contribution in [2.24, 2.45) is 0 Å². The van der Waals surface area contributed by atoms with Gasteiger partial charge in [-0.15, -0.1) is 0 Å². The molecule has 1 fully saturated rings. The van der Waals surface area contributed by atoms with E-state index in [0.717, 1.165) is 65.7 Å². The number of piperazine rings is 1. The second-order valence-corrected chi connectivity index (χ2v) is 7.92. The van der Waals surface area contributed by atoms with E-state index in [4.69, 9.17) is 35.4 Å². The molecule has 0 radical (unpaired) electrons. The summed E-state index contributed by atoms with van der Waals surface area (Å²) in [5.74, 6) is 0. The number of nitrogens with one attached hydrogen (secondary N) is 1. The molecular formula is C19H25Cl2N5S. The molecule has 0 spiro atoms. The first-order valence-corrected chi connectivity index (χ1v) is 10.3. The van der Waals surface area contributed by atoms with Crippen LogP contribution in [0.1, 0.15) is 23.7 Å². The van der Waals surface area contributed by atoms with Crippen LogP contribution in [0, 0.1) is 6.92 Å². The Hall–Kier alpha value is -1.34. The van der Waals surface area contributed by atoms with Gasteiger partial charge >= 0.3 is 0 Å². The number of hydrogen-bond acceptors (Lipinski definition) is 3. The van der Waals surface area contributed by atoms with Gasteiger partial charge in [0.05, 0.1) is 5.69 Å². The summed E-state index contributed by atoms with van der Waals surface area (Å²) in [5, 5.41) is 10.1. The van der Waals surface area contributed by atoms with Gasteiger partial charge in [-0.05, 0) is 38.2 Å². The van der Waals surface area contributed by atoms with Crippen molar-refractivity contribution in [3.05, 3.63) is 51.3 Å². The van der Waals surface area contributed by atoms with Crippen LogP contribution in [0.5, 0.6) is 0 Å². The first-order valence-electron chi connectivity index (χ1n) is 9.19. The van der Waals surface area contributed by atoms with Crippen molar-refractivity contribution in [2.75, 3.05) is 26.2 Å². The van der Waals surface area contributed by atoms with E-state index in [1.54, 1.807) is 0 Å². The van der Waals surface area contributed by atoms with Crippen LogP contribution < -0.4 is 5.32 Å². The summed E-state index contributed by atoms with van der Waals surface area (Å²) in [6, 6.07) is 5.66. The Labute approximate surface area is 176 Å². The van der Waals surface area contributed by atoms with Gasteiger partial charge in [0.15, 0.2) is 5.11 Å². The molecule has 0 unspecified atom stereocenters. The number of nitrogens with zero attached hydrogens (tertiary/aromatic N) is 4. The normalized spacial score (nSPS) is 15.2. The molecule has 1 aliphatic rings. The maximum atomic E-state index is 6.29. The molecular weight excluding hydrogens is 401 g/mol. The largest absolute Gasteiger partial charge is 0.358 e. The summed E-state index contributed by atoms with van der Waals surface area (Å²) in [7, 11) is 0. The fourth-order valence-corrected chi connectivity index (χ4v) is 3.97. The van der Waals surface area contributed by atoms with E-state index >= 15 is 0 Å². The van der Waals surface area contributed by atoms with Crippen molar-refractivity contribution in [1.29, 1.82) is 0 Å². The Balaban J connectivity index is 1.48. The van der Waals surface area contributed by atoms with Crippen LogP contribution in [-0.2, 0) is 19.6 Å². The zero-order valence-corrected chi connectivity index (χ0v) is 18.0. The van der Waals surface area contributed by atoms with Crippen LogP contribution in [-0.4, -0.2) is 50.9 Å². The van der Waals surface area contributed by atoms with Gasteiger partial charge in [0.25, 0.3) is 0 Å². The quantitative estimate of drug-likeness (QED) is 0.738. The third-order valence-corrected chi connectivity index (χ3v) is 6.02. The second-order valence-electron chi connectivity index (χ2n) is 6.72. The highest BCUT2D eigenvalue weighted by Gasteiger charge is 2.20. The van der Waals surface area contributed by atoms with Gasteiger partial charge in [-0.2, -0.15) is 5.10 Å². The molecule has 1 aliphatic heterocycles. The third kappa shape index (κ3) is 5.13. The van der Waals surface area contributed by atoms with E-state index in [1.165, 1.54) is 5.56 Å². The molecule has 27 heavy (non-hydrogen) atoms. The number of rotatable bonds is 5. The predicted molar refractivity (Wildman–Crippen MR) is 115 cm³/mol. The van der Waals surface area contributed by atoms with Gasteiger partial charge in [0, 0.05) is 73.2 Å². The molecule has 0 amide bonds. The van der Waals surface area contributed by atoms with Crippen molar-refractivity contribution in [3.63, 3.8) is 0 Å². The minimum Gasteiger partial charge on any atom is -0.358 e. The van der Waals surface area contributed by atoms with Gasteiger partial charge in [0.2, 0.25) is 0 Å². The molecule has 0 atom stereocenters. The molecule has 0 saturated carbocycles. The van der Waals surface area contributed by atoms with E-state index in [-0.39, 0.29) is 0 Å². The summed E-state index contributed by atoms with van der Waals surface area (Å²) in [4.78, 5) is 4.58. The smallest absolute Gasteiger partial charge is 0.169 e. The number of thiocarbonyl (C=S) groups is 1. The molecule has 2 aromatic rings. The topological polar surface area (TPSA) is 36.3 Å². The molecule has 8 heteroatoms. The highest BCUT2D eigenvalue weighted by Crippen LogP contribution is 2.26. The lowest BCUT2D eigenvalue weighted by atomic mass is 10.2. The van der Waals surface area contributed by atoms with E-state index in [1.807, 2.05) is 29.8 Å². The van der Waals surface area contributed by atoms with Crippen LogP contribution >= 0.6 is 35.4 Å². The van der Waals surface area contributed by atoms with Gasteiger partial charge in [-0.25, -0.2) is 0 Å². The van der Waals surface area contributed by atoms with Gasteiger partial charge in [0.1, 0.15) is 0 Å². The highest BCUT2D eigenvalue weighted by molar-refractivity contribution is 7.80. The Kier molecular flexibility index (Phi) is 6.98. The van der Waals surface area contributed by atoms with Crippen molar-refractivity contribution >= 4 is 40.5 Å². The number of benzene rings is 1. The van der Waals surface area contributed by atoms with E-state index in [0.29, 0.717) is 6.54 Å². The molecule has 1 aromatic carbocycles. The van der Waals surface area contributed by atoms with Crippen LogP contribution in [0.4, 0.5) is 0 Å². The minimum absolute atomic E-state index is 0.708. The lowest BCUT2D eigenvalue weighted by Crippen LogP contribution is -2.51. The predicted octanol–water partition coefficient (Wildman–Crippen LogP) is 3.71. The second kappa shape index (κ2) is 9.24. The molecule has 1 saturated heterocycles. The van der Waals surface area contributed by atoms with E-state index in [2.05, 4.69) is 33.3 Å². The Morgan fingerprint density at radius 2 is 1.85 bits per heavy atom. The molecule has 3 rings (SSSR count). The average molecular weight is 426 g/mol. The Morgan fingerprint density at radius 1 is 1.19 bits per heavy atom. The summed E-state index contributed by atoms with van der Waals surface area (Å²) < 4.78 is 1.95. The summed E-state index contributed by atoms with van der Waals surface area (Å²) in [6.45, 7) is 10.1. The summed E-state index contributed by atoms with van der Waals surface area (Å²) in [6.07, 6.45) is 2.08. The molecule has 2 heterocycles. The average Bonchev–Trinajstić information content (AvgIpc) is 3.03. The molecule has 0 bridgehead atoms. The maximum absolute atomic E-state index is 6.29. The van der Waals surface area contributed by atoms with Crippen molar-refractivity contribution in [2.45, 2.75) is 33.5 Å². The van der Waals surface area contributed by atoms with Crippen LogP contribution in [0.2, 0.25) is 10.0 Å². The highest BCUT2D eigenvalue weighted by atomic mass is 35.5. The molecule has 5 nitrogen and oxygen atoms in total. The first kappa shape index (κ1) is 20.4. The van der Waals surface area contributed by atoms with Crippen molar-refractivity contribution in [1.82, 2.24) is 24.9 Å². The standard InChI is InChI=1S/C19H25Cl2N5S/c1-3-26-12-15(14(2)23-26)11-22-19(27)25-9-7-24(8-10-25)13-16-17(20)5-4-6-18(16)21/h4-6,12H,3,7-11,13H2,1-2H3,(H,22,27). The molecule has 0 aliphatic carbocycles. The zero-order chi connectivity index (χ0) is 19.4. The van der Waals surface area contributed by atoms with Crippen LogP contribution in [0.3, 0.4) is 0 Å². The van der Waals surface area contributed by atoms with Crippen LogP contribution in [0.25, 0.3) is 0 Å². The van der Waals surface area contributed by atoms with E-state index in [9.17, 15) is 0 Å². The fourth-order valence-electron chi connectivity index (χ4n) is 3.19. The molecule has 1 N–H and O–H groups in total. The number of halogens is 2. The summed E-state index contributed by atoms with van der Waals surface area (Å²) in [5.41, 5.74) is 3.23. The lowest BCUT2D eigenvalue weighted by molar-refractivity contribution is 0.174. The van der Waals surface area contributed by atoms with Gasteiger partial charge < -0.3 is 10.2 Å². The van der Waals surface area contributed by atoms with Crippen LogP contribution in [0.15, 0.2) is 24.4 Å². The molecule has 1 aromatic heterocycles. The zero-order valence-electron chi connectivity index (χ0n) is 15.7.